The maximum absolute atomic E-state index is 12.7. The van der Waals surface area contributed by atoms with Crippen LogP contribution in [0.25, 0.3) is 0 Å². The molecule has 0 aliphatic carbocycles. The van der Waals surface area contributed by atoms with E-state index >= 15 is 0 Å². The zero-order valence-corrected chi connectivity index (χ0v) is 21.0. The number of guanidine groups is 1. The Kier molecular flexibility index (Phi) is 11.8. The molecule has 1 aliphatic heterocycles. The first-order chi connectivity index (χ1) is 12.7. The molecular weight excluding hydrogens is 522 g/mol. The van der Waals surface area contributed by atoms with Crippen LogP contribution in [0, 0.1) is 5.92 Å². The van der Waals surface area contributed by atoms with Gasteiger partial charge in [0.25, 0.3) is 0 Å². The van der Waals surface area contributed by atoms with Gasteiger partial charge >= 0.3 is 6.18 Å². The molecule has 0 bridgehead atoms. The molecule has 1 fully saturated rings. The zero-order valence-electron chi connectivity index (χ0n) is 17.8. The Morgan fingerprint density at radius 2 is 1.90 bits per heavy atom. The summed E-state index contributed by atoms with van der Waals surface area (Å²) in [4.78, 5) is 8.02. The third kappa shape index (κ3) is 12.2. The van der Waals surface area contributed by atoms with Crippen molar-refractivity contribution < 1.29 is 21.6 Å². The van der Waals surface area contributed by atoms with Crippen molar-refractivity contribution in [2.75, 3.05) is 52.1 Å². The molecule has 0 aromatic carbocycles. The highest BCUT2D eigenvalue weighted by molar-refractivity contribution is 14.0. The minimum Gasteiger partial charge on any atom is -0.357 e. The molecule has 0 spiro atoms. The second-order valence-electron chi connectivity index (χ2n) is 7.97. The molecule has 1 heterocycles. The monoisotopic (exact) mass is 557 g/mol. The van der Waals surface area contributed by atoms with E-state index in [-0.39, 0.29) is 36.4 Å². The summed E-state index contributed by atoms with van der Waals surface area (Å²) in [6.07, 6.45) is -2.29. The number of likely N-dealkylation sites (tertiary alicyclic amines) is 1. The molecule has 1 unspecified atom stereocenters. The minimum absolute atomic E-state index is 0. The maximum Gasteiger partial charge on any atom is 0.401 e. The Morgan fingerprint density at radius 1 is 1.28 bits per heavy atom. The molecule has 0 aromatic rings. The van der Waals surface area contributed by atoms with Crippen molar-refractivity contribution in [3.05, 3.63) is 0 Å². The number of alkyl halides is 3. The lowest BCUT2D eigenvalue weighted by molar-refractivity contribution is -0.146. The molecule has 0 radical (unpaired) electrons. The standard InChI is InChI=1S/C17H34F3N5O2S.HI/c1-6-21-15(22-12-16(3,4)23-28(5,26)27)25-9-8-14(11-25)10-24(7-2)13-17(18,19)20;/h14,23H,6-13H2,1-5H3,(H,21,22);1H. The van der Waals surface area contributed by atoms with Crippen LogP contribution in [0.15, 0.2) is 4.99 Å². The number of nitrogens with one attached hydrogen (secondary N) is 2. The van der Waals surface area contributed by atoms with Crippen LogP contribution in [0.3, 0.4) is 0 Å². The summed E-state index contributed by atoms with van der Waals surface area (Å²) in [5.41, 5.74) is -0.737. The van der Waals surface area contributed by atoms with Crippen molar-refractivity contribution in [2.45, 2.75) is 45.8 Å². The molecule has 1 aliphatic rings. The van der Waals surface area contributed by atoms with Gasteiger partial charge in [-0.05, 0) is 39.7 Å². The lowest BCUT2D eigenvalue weighted by Gasteiger charge is -2.27. The number of rotatable bonds is 9. The number of aliphatic imine (C=N–C) groups is 1. The van der Waals surface area contributed by atoms with Crippen molar-refractivity contribution in [2.24, 2.45) is 10.9 Å². The van der Waals surface area contributed by atoms with Crippen LogP contribution < -0.4 is 10.0 Å². The topological polar surface area (TPSA) is 77.0 Å². The molecule has 12 heteroatoms. The van der Waals surface area contributed by atoms with E-state index in [0.717, 1.165) is 12.7 Å². The quantitative estimate of drug-likeness (QED) is 0.258. The van der Waals surface area contributed by atoms with Gasteiger partial charge in [0, 0.05) is 31.7 Å². The van der Waals surface area contributed by atoms with Gasteiger partial charge in [-0.2, -0.15) is 13.2 Å². The first kappa shape index (κ1) is 28.7. The number of nitrogens with zero attached hydrogens (tertiary/aromatic N) is 3. The van der Waals surface area contributed by atoms with E-state index in [1.165, 1.54) is 4.90 Å². The molecule has 1 saturated heterocycles. The Balaban J connectivity index is 0.00000784. The van der Waals surface area contributed by atoms with Gasteiger partial charge in [-0.3, -0.25) is 9.89 Å². The van der Waals surface area contributed by atoms with Crippen LogP contribution in [0.4, 0.5) is 13.2 Å². The van der Waals surface area contributed by atoms with Crippen LogP contribution in [-0.2, 0) is 10.0 Å². The molecule has 174 valence electrons. The summed E-state index contributed by atoms with van der Waals surface area (Å²) >= 11 is 0. The van der Waals surface area contributed by atoms with Crippen LogP contribution >= 0.6 is 24.0 Å². The van der Waals surface area contributed by atoms with E-state index in [4.69, 9.17) is 0 Å². The molecule has 0 saturated carbocycles. The van der Waals surface area contributed by atoms with Gasteiger partial charge in [0.2, 0.25) is 10.0 Å². The van der Waals surface area contributed by atoms with Gasteiger partial charge in [-0.15, -0.1) is 24.0 Å². The first-order valence-corrected chi connectivity index (χ1v) is 11.4. The van der Waals surface area contributed by atoms with Crippen molar-refractivity contribution in [1.29, 1.82) is 0 Å². The van der Waals surface area contributed by atoms with Gasteiger partial charge in [-0.25, -0.2) is 13.1 Å². The van der Waals surface area contributed by atoms with E-state index in [0.29, 0.717) is 38.7 Å². The summed E-state index contributed by atoms with van der Waals surface area (Å²) in [6, 6.07) is 0. The third-order valence-corrected chi connectivity index (χ3v) is 5.30. The van der Waals surface area contributed by atoms with E-state index in [2.05, 4.69) is 15.0 Å². The van der Waals surface area contributed by atoms with Crippen molar-refractivity contribution in [1.82, 2.24) is 19.8 Å². The smallest absolute Gasteiger partial charge is 0.357 e. The van der Waals surface area contributed by atoms with Gasteiger partial charge in [0.15, 0.2) is 5.96 Å². The SMILES string of the molecule is CCNC(=NCC(C)(C)NS(C)(=O)=O)N1CCC(CN(CC)CC(F)(F)F)C1.I. The molecule has 2 N–H and O–H groups in total. The third-order valence-electron chi connectivity index (χ3n) is 4.37. The Hall–Kier alpha value is -0.340. The van der Waals surface area contributed by atoms with Crippen molar-refractivity contribution in [3.63, 3.8) is 0 Å². The zero-order chi connectivity index (χ0) is 21.6. The number of halogens is 4. The number of sulfonamides is 1. The molecule has 0 aromatic heterocycles. The van der Waals surface area contributed by atoms with E-state index in [1.807, 2.05) is 11.8 Å². The second-order valence-corrected chi connectivity index (χ2v) is 9.72. The highest BCUT2D eigenvalue weighted by Crippen LogP contribution is 2.21. The Labute approximate surface area is 189 Å². The van der Waals surface area contributed by atoms with Crippen molar-refractivity contribution in [3.8, 4) is 0 Å². The number of hydrogen-bond donors (Lipinski definition) is 2. The lowest BCUT2D eigenvalue weighted by atomic mass is 10.1. The highest BCUT2D eigenvalue weighted by atomic mass is 127. The van der Waals surface area contributed by atoms with Gasteiger partial charge in [0.05, 0.1) is 19.3 Å². The molecule has 1 atom stereocenters. The predicted octanol–water partition coefficient (Wildman–Crippen LogP) is 2.10. The molecule has 7 nitrogen and oxygen atoms in total. The van der Waals surface area contributed by atoms with Gasteiger partial charge in [0.1, 0.15) is 0 Å². The fourth-order valence-corrected chi connectivity index (χ4v) is 4.40. The summed E-state index contributed by atoms with van der Waals surface area (Å²) in [7, 11) is -3.35. The van der Waals surface area contributed by atoms with Crippen LogP contribution in [0.2, 0.25) is 0 Å². The first-order valence-electron chi connectivity index (χ1n) is 9.56. The minimum atomic E-state index is -4.19. The van der Waals surface area contributed by atoms with Gasteiger partial charge < -0.3 is 10.2 Å². The summed E-state index contributed by atoms with van der Waals surface area (Å²) < 4.78 is 63.5. The van der Waals surface area contributed by atoms with E-state index in [1.54, 1.807) is 20.8 Å². The molecular formula is C17H35F3IN5O2S. The molecule has 1 rings (SSSR count). The van der Waals surface area contributed by atoms with Crippen LogP contribution in [0.1, 0.15) is 34.1 Å². The van der Waals surface area contributed by atoms with Crippen LogP contribution in [-0.4, -0.2) is 88.0 Å². The second kappa shape index (κ2) is 11.9. The highest BCUT2D eigenvalue weighted by Gasteiger charge is 2.33. The summed E-state index contributed by atoms with van der Waals surface area (Å²) in [5, 5.41) is 3.19. The molecule has 0 amide bonds. The van der Waals surface area contributed by atoms with E-state index < -0.39 is 28.3 Å². The fraction of sp³-hybridized carbons (Fsp3) is 0.941. The van der Waals surface area contributed by atoms with Crippen LogP contribution in [0.5, 0.6) is 0 Å². The molecule has 29 heavy (non-hydrogen) atoms. The summed E-state index contributed by atoms with van der Waals surface area (Å²) in [6.45, 7) is 9.27. The summed E-state index contributed by atoms with van der Waals surface area (Å²) in [5.74, 6) is 0.792. The fourth-order valence-electron chi connectivity index (χ4n) is 3.33. The number of hydrogen-bond acceptors (Lipinski definition) is 4. The Morgan fingerprint density at radius 3 is 2.38 bits per heavy atom. The maximum atomic E-state index is 12.7. The lowest BCUT2D eigenvalue weighted by Crippen LogP contribution is -2.47. The normalized spacial score (nSPS) is 18.9. The Bertz CT molecular complexity index is 629. The van der Waals surface area contributed by atoms with Gasteiger partial charge in [-0.1, -0.05) is 6.92 Å². The van der Waals surface area contributed by atoms with Crippen molar-refractivity contribution >= 4 is 40.0 Å². The average molecular weight is 557 g/mol. The predicted molar refractivity (Wildman–Crippen MR) is 121 cm³/mol. The largest absolute Gasteiger partial charge is 0.401 e. The van der Waals surface area contributed by atoms with E-state index in [9.17, 15) is 21.6 Å². The average Bonchev–Trinajstić information content (AvgIpc) is 2.95.